The molecule has 0 fully saturated rings. The molecule has 0 aliphatic rings. The number of nitrogens with two attached hydrogens (primary N) is 2. The summed E-state index contributed by atoms with van der Waals surface area (Å²) in [6.45, 7) is 2.61. The molecular weight excluding hydrogens is 508 g/mol. The molecule has 4 N–H and O–H groups in total. The number of carbonyl (C=O) groups is 2. The van der Waals surface area contributed by atoms with E-state index < -0.39 is 46.7 Å². The molecule has 0 bridgehead atoms. The summed E-state index contributed by atoms with van der Waals surface area (Å²) in [6, 6.07) is 7.21. The highest BCUT2D eigenvalue weighted by molar-refractivity contribution is 5.92. The molecule has 4 aromatic rings. The summed E-state index contributed by atoms with van der Waals surface area (Å²) in [5, 5.41) is 0.868. The molecule has 0 saturated heterocycles. The molecule has 0 spiro atoms. The van der Waals surface area contributed by atoms with Gasteiger partial charge in [-0.25, -0.2) is 27.2 Å². The molecule has 0 radical (unpaired) electrons. The minimum absolute atomic E-state index is 0.0954. The number of fused-ring (bicyclic) bond motifs is 2. The number of esters is 2. The van der Waals surface area contributed by atoms with Crippen LogP contribution in [0.5, 0.6) is 0 Å². The Morgan fingerprint density at radius 3 is 1.45 bits per heavy atom. The van der Waals surface area contributed by atoms with Crippen molar-refractivity contribution in [2.75, 3.05) is 0 Å². The molecule has 2 heterocycles. The number of halogens is 4. The van der Waals surface area contributed by atoms with Gasteiger partial charge in [-0.05, 0) is 38.1 Å². The van der Waals surface area contributed by atoms with Crippen LogP contribution < -0.4 is 11.5 Å². The van der Waals surface area contributed by atoms with Gasteiger partial charge in [0.1, 0.15) is 0 Å². The van der Waals surface area contributed by atoms with Crippen LogP contribution in [-0.2, 0) is 32.2 Å². The second kappa shape index (κ2) is 9.95. The third kappa shape index (κ3) is 6.03. The molecular formula is C26H24F4N4O4. The molecule has 0 aliphatic carbocycles. The molecule has 2 atom stereocenters. The normalized spacial score (nSPS) is 15.1. The smallest absolute Gasteiger partial charge is 0.332 e. The summed E-state index contributed by atoms with van der Waals surface area (Å²) in [6.07, 6.45) is 4.68. The minimum Gasteiger partial charge on any atom is -0.439 e. The van der Waals surface area contributed by atoms with Crippen molar-refractivity contribution in [1.82, 2.24) is 9.13 Å². The molecule has 38 heavy (non-hydrogen) atoms. The summed E-state index contributed by atoms with van der Waals surface area (Å²) >= 11 is 0. The SMILES string of the molecule is C[C@@](N)(Cn1ccc2cc(F)c(F)cc21)OC(=O)/C=C/C(=O)O[C@](C)(N)Cn1ccc2cc(F)c(F)cc21. The lowest BCUT2D eigenvalue weighted by atomic mass is 10.2. The van der Waals surface area contributed by atoms with E-state index in [1.54, 1.807) is 12.1 Å². The number of hydrogen-bond donors (Lipinski definition) is 2. The Balaban J connectivity index is 1.36. The Morgan fingerprint density at radius 2 is 1.08 bits per heavy atom. The van der Waals surface area contributed by atoms with Crippen molar-refractivity contribution in [3.63, 3.8) is 0 Å². The second-order valence-corrected chi connectivity index (χ2v) is 9.34. The monoisotopic (exact) mass is 532 g/mol. The van der Waals surface area contributed by atoms with Crippen LogP contribution in [0.2, 0.25) is 0 Å². The van der Waals surface area contributed by atoms with Gasteiger partial charge in [-0.3, -0.25) is 11.5 Å². The van der Waals surface area contributed by atoms with Gasteiger partial charge in [0, 0.05) is 47.5 Å². The first kappa shape index (κ1) is 26.9. The highest BCUT2D eigenvalue weighted by Crippen LogP contribution is 2.23. The van der Waals surface area contributed by atoms with Crippen molar-refractivity contribution < 1.29 is 36.6 Å². The van der Waals surface area contributed by atoms with E-state index in [2.05, 4.69) is 0 Å². The molecule has 0 amide bonds. The van der Waals surface area contributed by atoms with E-state index in [1.807, 2.05) is 0 Å². The second-order valence-electron chi connectivity index (χ2n) is 9.34. The van der Waals surface area contributed by atoms with Gasteiger partial charge in [-0.15, -0.1) is 0 Å². The van der Waals surface area contributed by atoms with Crippen molar-refractivity contribution in [2.24, 2.45) is 11.5 Å². The van der Waals surface area contributed by atoms with E-state index in [0.717, 1.165) is 36.4 Å². The topological polar surface area (TPSA) is 114 Å². The molecule has 12 heteroatoms. The molecule has 0 unspecified atom stereocenters. The summed E-state index contributed by atoms with van der Waals surface area (Å²) in [5.74, 6) is -5.98. The molecule has 2 aromatic heterocycles. The average Bonchev–Trinajstić information content (AvgIpc) is 3.35. The fourth-order valence-corrected chi connectivity index (χ4v) is 4.05. The number of hydrogen-bond acceptors (Lipinski definition) is 6. The van der Waals surface area contributed by atoms with Crippen LogP contribution in [0.3, 0.4) is 0 Å². The number of carbonyl (C=O) groups excluding carboxylic acids is 2. The Hall–Kier alpha value is -4.16. The summed E-state index contributed by atoms with van der Waals surface area (Å²) < 4.78 is 67.6. The maximum Gasteiger partial charge on any atom is 0.332 e. The van der Waals surface area contributed by atoms with Crippen LogP contribution in [0.4, 0.5) is 17.6 Å². The van der Waals surface area contributed by atoms with Gasteiger partial charge in [-0.1, -0.05) is 0 Å². The number of nitrogens with zero attached hydrogens (tertiary/aromatic N) is 2. The summed E-state index contributed by atoms with van der Waals surface area (Å²) in [7, 11) is 0. The van der Waals surface area contributed by atoms with E-state index in [9.17, 15) is 27.2 Å². The predicted molar refractivity (Wildman–Crippen MR) is 130 cm³/mol. The van der Waals surface area contributed by atoms with E-state index in [1.165, 1.54) is 35.4 Å². The van der Waals surface area contributed by atoms with Gasteiger partial charge in [-0.2, -0.15) is 0 Å². The van der Waals surface area contributed by atoms with Crippen LogP contribution in [0.25, 0.3) is 21.8 Å². The fourth-order valence-electron chi connectivity index (χ4n) is 4.05. The Bertz CT molecular complexity index is 1460. The maximum atomic E-state index is 13.7. The molecule has 8 nitrogen and oxygen atoms in total. The van der Waals surface area contributed by atoms with Crippen molar-refractivity contribution in [1.29, 1.82) is 0 Å². The third-order valence-electron chi connectivity index (χ3n) is 5.62. The standard InChI is InChI=1S/C26H24F4N4O4/c1-25(31,13-33-7-5-15-9-17(27)19(29)11-21(15)33)37-23(35)3-4-24(36)38-26(2,32)14-34-8-6-16-10-18(28)20(30)12-22(16)34/h3-12H,13-14,31-32H2,1-2H3/b4-3+/t25-,26-/m0/s1. The van der Waals surface area contributed by atoms with Crippen molar-refractivity contribution in [3.05, 3.63) is 84.2 Å². The van der Waals surface area contributed by atoms with E-state index in [0.29, 0.717) is 21.8 Å². The van der Waals surface area contributed by atoms with Gasteiger partial charge in [0.15, 0.2) is 34.7 Å². The predicted octanol–water partition coefficient (Wildman–Crippen LogP) is 3.85. The fraction of sp³-hybridized carbons (Fsp3) is 0.231. The highest BCUT2D eigenvalue weighted by Gasteiger charge is 2.26. The molecule has 0 saturated carbocycles. The quantitative estimate of drug-likeness (QED) is 0.154. The van der Waals surface area contributed by atoms with Crippen molar-refractivity contribution in [3.8, 4) is 0 Å². The molecule has 0 aliphatic heterocycles. The summed E-state index contributed by atoms with van der Waals surface area (Å²) in [4.78, 5) is 24.5. The van der Waals surface area contributed by atoms with Gasteiger partial charge in [0.05, 0.1) is 24.1 Å². The largest absolute Gasteiger partial charge is 0.439 e. The third-order valence-corrected chi connectivity index (χ3v) is 5.62. The first-order chi connectivity index (χ1) is 17.7. The van der Waals surface area contributed by atoms with Crippen LogP contribution in [0, 0.1) is 23.3 Å². The van der Waals surface area contributed by atoms with Crippen LogP contribution in [-0.4, -0.2) is 32.5 Å². The summed E-state index contributed by atoms with van der Waals surface area (Å²) in [5.41, 5.74) is 9.67. The van der Waals surface area contributed by atoms with Crippen LogP contribution in [0.1, 0.15) is 13.8 Å². The Morgan fingerprint density at radius 1 is 0.737 bits per heavy atom. The number of benzene rings is 2. The van der Waals surface area contributed by atoms with Crippen molar-refractivity contribution in [2.45, 2.75) is 38.4 Å². The van der Waals surface area contributed by atoms with Crippen LogP contribution in [0.15, 0.2) is 60.9 Å². The lowest BCUT2D eigenvalue weighted by molar-refractivity contribution is -0.155. The lowest BCUT2D eigenvalue weighted by Crippen LogP contribution is -2.45. The Kier molecular flexibility index (Phi) is 7.04. The van der Waals surface area contributed by atoms with Gasteiger partial charge >= 0.3 is 11.9 Å². The van der Waals surface area contributed by atoms with E-state index in [-0.39, 0.29) is 13.1 Å². The zero-order chi connectivity index (χ0) is 27.8. The van der Waals surface area contributed by atoms with Gasteiger partial charge in [0.25, 0.3) is 0 Å². The average molecular weight is 532 g/mol. The van der Waals surface area contributed by atoms with Gasteiger partial charge in [0.2, 0.25) is 0 Å². The first-order valence-corrected chi connectivity index (χ1v) is 11.3. The van der Waals surface area contributed by atoms with Crippen molar-refractivity contribution >= 4 is 33.7 Å². The van der Waals surface area contributed by atoms with Crippen LogP contribution >= 0.6 is 0 Å². The van der Waals surface area contributed by atoms with Gasteiger partial charge < -0.3 is 18.6 Å². The number of rotatable bonds is 8. The number of aromatic nitrogens is 2. The molecule has 4 rings (SSSR count). The zero-order valence-corrected chi connectivity index (χ0v) is 20.4. The van der Waals surface area contributed by atoms with E-state index >= 15 is 0 Å². The maximum absolute atomic E-state index is 13.7. The Labute approximate surface area is 214 Å². The lowest BCUT2D eigenvalue weighted by Gasteiger charge is -2.26. The zero-order valence-electron chi connectivity index (χ0n) is 20.4. The minimum atomic E-state index is -1.57. The highest BCUT2D eigenvalue weighted by atomic mass is 19.2. The molecule has 2 aromatic carbocycles. The number of ether oxygens (including phenoxy) is 2. The van der Waals surface area contributed by atoms with E-state index in [4.69, 9.17) is 20.9 Å². The molecule has 200 valence electrons. The first-order valence-electron chi connectivity index (χ1n) is 11.3.